The lowest BCUT2D eigenvalue weighted by Gasteiger charge is -2.29. The fourth-order valence-corrected chi connectivity index (χ4v) is 3.96. The third-order valence-corrected chi connectivity index (χ3v) is 5.60. The first kappa shape index (κ1) is 16.8. The summed E-state index contributed by atoms with van der Waals surface area (Å²) in [5, 5.41) is 0. The van der Waals surface area contributed by atoms with Gasteiger partial charge in [0.25, 0.3) is 0 Å². The lowest BCUT2D eigenvalue weighted by Crippen LogP contribution is -2.41. The van der Waals surface area contributed by atoms with Gasteiger partial charge in [-0.25, -0.2) is 8.42 Å². The average molecular weight is 326 g/mol. The van der Waals surface area contributed by atoms with Gasteiger partial charge < -0.3 is 10.5 Å². The maximum absolute atomic E-state index is 12.6. The maximum atomic E-state index is 12.6. The highest BCUT2D eigenvalue weighted by Gasteiger charge is 2.31. The monoisotopic (exact) mass is 326 g/mol. The highest BCUT2D eigenvalue weighted by Crippen LogP contribution is 2.25. The number of rotatable bonds is 5. The van der Waals surface area contributed by atoms with E-state index < -0.39 is 10.0 Å². The number of nitrogens with two attached hydrogens (primary N) is 1. The summed E-state index contributed by atoms with van der Waals surface area (Å²) in [7, 11) is -3.53. The van der Waals surface area contributed by atoms with Crippen LogP contribution in [0.25, 0.3) is 0 Å². The minimum atomic E-state index is -3.53. The molecule has 0 spiro atoms. The second kappa shape index (κ2) is 6.66. The minimum Gasteiger partial charge on any atom is -0.491 e. The summed E-state index contributed by atoms with van der Waals surface area (Å²) in [6, 6.07) is 6.41. The number of hydrogen-bond donors (Lipinski definition) is 1. The number of primary amides is 1. The van der Waals surface area contributed by atoms with E-state index in [0.717, 1.165) is 0 Å². The van der Waals surface area contributed by atoms with Gasteiger partial charge in [0.15, 0.2) is 0 Å². The first-order valence-corrected chi connectivity index (χ1v) is 8.81. The molecule has 1 saturated heterocycles. The smallest absolute Gasteiger partial charge is 0.243 e. The summed E-state index contributed by atoms with van der Waals surface area (Å²) in [5.41, 5.74) is 5.27. The zero-order chi connectivity index (χ0) is 16.3. The molecule has 1 aliphatic rings. The Bertz CT molecular complexity index is 617. The van der Waals surface area contributed by atoms with Gasteiger partial charge in [0.1, 0.15) is 5.75 Å². The number of amides is 1. The topological polar surface area (TPSA) is 89.7 Å². The number of hydrogen-bond acceptors (Lipinski definition) is 4. The zero-order valence-electron chi connectivity index (χ0n) is 12.9. The third-order valence-electron chi connectivity index (χ3n) is 3.69. The normalized spacial score (nSPS) is 17.6. The molecule has 0 bridgehead atoms. The summed E-state index contributed by atoms with van der Waals surface area (Å²) in [6.07, 6.45) is 0.988. The van der Waals surface area contributed by atoms with E-state index >= 15 is 0 Å². The van der Waals surface area contributed by atoms with E-state index in [4.69, 9.17) is 10.5 Å². The van der Waals surface area contributed by atoms with Gasteiger partial charge >= 0.3 is 0 Å². The van der Waals surface area contributed by atoms with Crippen LogP contribution in [0.2, 0.25) is 0 Å². The predicted octanol–water partition coefficient (Wildman–Crippen LogP) is 1.36. The first-order valence-electron chi connectivity index (χ1n) is 7.37. The number of carbonyl (C=O) groups excluding carboxylic acids is 1. The molecule has 0 atom stereocenters. The molecule has 1 aromatic carbocycles. The summed E-state index contributed by atoms with van der Waals surface area (Å²) >= 11 is 0. The van der Waals surface area contributed by atoms with Crippen molar-refractivity contribution in [1.82, 2.24) is 4.31 Å². The van der Waals surface area contributed by atoms with Gasteiger partial charge in [-0.3, -0.25) is 4.79 Å². The molecule has 2 N–H and O–H groups in total. The van der Waals surface area contributed by atoms with Crippen molar-refractivity contribution >= 4 is 15.9 Å². The molecule has 0 aromatic heterocycles. The Morgan fingerprint density at radius 3 is 2.23 bits per heavy atom. The second-order valence-electron chi connectivity index (χ2n) is 5.72. The molecule has 0 aliphatic carbocycles. The molecular formula is C15H22N2O4S. The number of carbonyl (C=O) groups is 1. The van der Waals surface area contributed by atoms with Crippen molar-refractivity contribution in [2.75, 3.05) is 13.1 Å². The van der Waals surface area contributed by atoms with Gasteiger partial charge in [0, 0.05) is 19.0 Å². The van der Waals surface area contributed by atoms with Gasteiger partial charge in [0.2, 0.25) is 15.9 Å². The van der Waals surface area contributed by atoms with Gasteiger partial charge in [-0.15, -0.1) is 0 Å². The van der Waals surface area contributed by atoms with Crippen LogP contribution in [0.4, 0.5) is 0 Å². The highest BCUT2D eigenvalue weighted by atomic mass is 32.2. The Hall–Kier alpha value is -1.60. The standard InChI is InChI=1S/C15H22N2O4S/c1-11(2)21-13-3-5-14(6-4-13)22(19,20)17-9-7-12(8-10-17)15(16)18/h3-6,11-12H,7-10H2,1-2H3,(H2,16,18). The molecule has 7 heteroatoms. The lowest BCUT2D eigenvalue weighted by molar-refractivity contribution is -0.122. The van der Waals surface area contributed by atoms with Crippen LogP contribution in [0.1, 0.15) is 26.7 Å². The molecule has 122 valence electrons. The fraction of sp³-hybridized carbons (Fsp3) is 0.533. The van der Waals surface area contributed by atoms with E-state index in [0.29, 0.717) is 31.7 Å². The largest absolute Gasteiger partial charge is 0.491 e. The van der Waals surface area contributed by atoms with Gasteiger partial charge in [-0.1, -0.05) is 0 Å². The number of nitrogens with zero attached hydrogens (tertiary/aromatic N) is 1. The molecule has 1 amide bonds. The van der Waals surface area contributed by atoms with Gasteiger partial charge in [0.05, 0.1) is 11.0 Å². The summed E-state index contributed by atoms with van der Waals surface area (Å²) in [4.78, 5) is 11.4. The Labute approximate surface area is 131 Å². The van der Waals surface area contributed by atoms with Crippen molar-refractivity contribution in [2.45, 2.75) is 37.7 Å². The van der Waals surface area contributed by atoms with Crippen LogP contribution in [-0.2, 0) is 14.8 Å². The lowest BCUT2D eigenvalue weighted by atomic mass is 9.98. The first-order chi connectivity index (χ1) is 10.3. The number of benzene rings is 1. The molecule has 6 nitrogen and oxygen atoms in total. The van der Waals surface area contributed by atoms with E-state index in [2.05, 4.69) is 0 Å². The second-order valence-corrected chi connectivity index (χ2v) is 7.66. The minimum absolute atomic E-state index is 0.0373. The molecule has 0 unspecified atom stereocenters. The van der Waals surface area contributed by atoms with Crippen molar-refractivity contribution < 1.29 is 17.9 Å². The summed E-state index contributed by atoms with van der Waals surface area (Å²) in [6.45, 7) is 4.46. The number of piperidine rings is 1. The van der Waals surface area contributed by atoms with Crippen LogP contribution < -0.4 is 10.5 Å². The van der Waals surface area contributed by atoms with E-state index in [1.807, 2.05) is 13.8 Å². The van der Waals surface area contributed by atoms with E-state index in [1.54, 1.807) is 24.3 Å². The van der Waals surface area contributed by atoms with E-state index in [-0.39, 0.29) is 22.8 Å². The van der Waals surface area contributed by atoms with Crippen molar-refractivity contribution in [3.05, 3.63) is 24.3 Å². The maximum Gasteiger partial charge on any atom is 0.243 e. The summed E-state index contributed by atoms with van der Waals surface area (Å²) in [5.74, 6) is 0.0573. The third kappa shape index (κ3) is 3.78. The van der Waals surface area contributed by atoms with Crippen molar-refractivity contribution in [2.24, 2.45) is 11.7 Å². The molecular weight excluding hydrogens is 304 g/mol. The summed E-state index contributed by atoms with van der Waals surface area (Å²) < 4.78 is 32.0. The number of ether oxygens (including phenoxy) is 1. The van der Waals surface area contributed by atoms with Gasteiger partial charge in [-0.2, -0.15) is 4.31 Å². The predicted molar refractivity (Wildman–Crippen MR) is 82.9 cm³/mol. The molecule has 22 heavy (non-hydrogen) atoms. The molecule has 1 heterocycles. The molecule has 1 aromatic rings. The Morgan fingerprint density at radius 1 is 1.23 bits per heavy atom. The Kier molecular flexibility index (Phi) is 5.08. The quantitative estimate of drug-likeness (QED) is 0.884. The SMILES string of the molecule is CC(C)Oc1ccc(S(=O)(=O)N2CCC(C(N)=O)CC2)cc1. The van der Waals surface area contributed by atoms with Crippen LogP contribution >= 0.6 is 0 Å². The molecule has 0 radical (unpaired) electrons. The molecule has 0 saturated carbocycles. The van der Waals surface area contributed by atoms with E-state index in [1.165, 1.54) is 4.31 Å². The number of sulfonamides is 1. The van der Waals surface area contributed by atoms with Crippen LogP contribution in [0.15, 0.2) is 29.2 Å². The van der Waals surface area contributed by atoms with Crippen LogP contribution in [0, 0.1) is 5.92 Å². The van der Waals surface area contributed by atoms with Crippen molar-refractivity contribution in [3.63, 3.8) is 0 Å². The highest BCUT2D eigenvalue weighted by molar-refractivity contribution is 7.89. The Balaban J connectivity index is 2.09. The van der Waals surface area contributed by atoms with Crippen LogP contribution in [0.3, 0.4) is 0 Å². The zero-order valence-corrected chi connectivity index (χ0v) is 13.7. The average Bonchev–Trinajstić information content (AvgIpc) is 2.47. The van der Waals surface area contributed by atoms with Crippen molar-refractivity contribution in [1.29, 1.82) is 0 Å². The molecule has 1 aliphatic heterocycles. The van der Waals surface area contributed by atoms with Crippen LogP contribution in [-0.4, -0.2) is 37.8 Å². The molecule has 1 fully saturated rings. The molecule has 2 rings (SSSR count). The van der Waals surface area contributed by atoms with Crippen molar-refractivity contribution in [3.8, 4) is 5.75 Å². The van der Waals surface area contributed by atoms with E-state index in [9.17, 15) is 13.2 Å². The Morgan fingerprint density at radius 2 is 1.77 bits per heavy atom. The van der Waals surface area contributed by atoms with Crippen LogP contribution in [0.5, 0.6) is 5.75 Å². The fourth-order valence-electron chi connectivity index (χ4n) is 2.49. The van der Waals surface area contributed by atoms with Gasteiger partial charge in [-0.05, 0) is 51.0 Å².